The summed E-state index contributed by atoms with van der Waals surface area (Å²) in [5.74, 6) is -1.87. The molecule has 0 aromatic carbocycles. The maximum Gasteiger partial charge on any atom is 0.308 e. The van der Waals surface area contributed by atoms with Crippen molar-refractivity contribution >= 4 is 23.5 Å². The van der Waals surface area contributed by atoms with Crippen LogP contribution in [0.1, 0.15) is 37.6 Å². The maximum atomic E-state index is 11.9. The zero-order chi connectivity index (χ0) is 15.3. The number of carbonyl (C=O) groups excluding carboxylic acids is 1. The van der Waals surface area contributed by atoms with Crippen molar-refractivity contribution in [2.45, 2.75) is 27.2 Å². The van der Waals surface area contributed by atoms with E-state index in [2.05, 4.69) is 10.3 Å². The molecule has 0 radical (unpaired) electrons. The molecule has 0 aliphatic rings. The number of aliphatic carboxylic acids is 1. The minimum Gasteiger partial charge on any atom is -0.481 e. The van der Waals surface area contributed by atoms with Crippen molar-refractivity contribution < 1.29 is 14.7 Å². The number of hydrogen-bond donors (Lipinski definition) is 2. The van der Waals surface area contributed by atoms with Crippen LogP contribution in [0.25, 0.3) is 0 Å². The van der Waals surface area contributed by atoms with Crippen molar-refractivity contribution in [2.24, 2.45) is 11.3 Å². The van der Waals surface area contributed by atoms with Gasteiger partial charge in [0.25, 0.3) is 5.91 Å². The number of nitrogens with zero attached hydrogens (tertiary/aromatic N) is 1. The zero-order valence-electron chi connectivity index (χ0n) is 11.8. The molecule has 0 bridgehead atoms. The standard InChI is InChI=1S/C14H19ClN2O3/c1-14(2,3)6-10(13(19)20)8-17-12(18)9-4-5-11(15)16-7-9/h4-5,7,10H,6,8H2,1-3H3,(H,17,18)(H,19,20). The van der Waals surface area contributed by atoms with Crippen molar-refractivity contribution in [1.29, 1.82) is 0 Å². The van der Waals surface area contributed by atoms with Crippen molar-refractivity contribution in [3.8, 4) is 0 Å². The number of pyridine rings is 1. The lowest BCUT2D eigenvalue weighted by molar-refractivity contribution is -0.142. The number of aromatic nitrogens is 1. The Morgan fingerprint density at radius 1 is 1.40 bits per heavy atom. The zero-order valence-corrected chi connectivity index (χ0v) is 12.6. The predicted octanol–water partition coefficient (Wildman–Crippen LogP) is 2.60. The summed E-state index contributed by atoms with van der Waals surface area (Å²) in [7, 11) is 0. The van der Waals surface area contributed by atoms with Gasteiger partial charge in [0.2, 0.25) is 0 Å². The highest BCUT2D eigenvalue weighted by molar-refractivity contribution is 6.29. The number of rotatable bonds is 5. The first-order valence-corrected chi connectivity index (χ1v) is 6.69. The average molecular weight is 299 g/mol. The molecule has 0 aliphatic heterocycles. The van der Waals surface area contributed by atoms with Crippen LogP contribution in [0.4, 0.5) is 0 Å². The first kappa shape index (κ1) is 16.4. The summed E-state index contributed by atoms with van der Waals surface area (Å²) in [6.45, 7) is 5.99. The second-order valence-electron chi connectivity index (χ2n) is 5.88. The van der Waals surface area contributed by atoms with Gasteiger partial charge >= 0.3 is 5.97 Å². The van der Waals surface area contributed by atoms with E-state index in [0.717, 1.165) is 0 Å². The number of carboxylic acids is 1. The quantitative estimate of drug-likeness (QED) is 0.819. The Kier molecular flexibility index (Phi) is 5.51. The SMILES string of the molecule is CC(C)(C)CC(CNC(=O)c1ccc(Cl)nc1)C(=O)O. The van der Waals surface area contributed by atoms with Gasteiger partial charge in [-0.05, 0) is 24.0 Å². The minimum absolute atomic E-state index is 0.0913. The Labute approximate surface area is 123 Å². The molecule has 1 rings (SSSR count). The minimum atomic E-state index is -0.908. The summed E-state index contributed by atoms with van der Waals surface area (Å²) in [5.41, 5.74) is 0.240. The van der Waals surface area contributed by atoms with E-state index in [1.165, 1.54) is 12.3 Å². The first-order valence-electron chi connectivity index (χ1n) is 6.31. The number of hydrogen-bond acceptors (Lipinski definition) is 3. The Balaban J connectivity index is 2.61. The normalized spacial score (nSPS) is 12.8. The highest BCUT2D eigenvalue weighted by atomic mass is 35.5. The summed E-state index contributed by atoms with van der Waals surface area (Å²) in [6.07, 6.45) is 1.85. The lowest BCUT2D eigenvalue weighted by atomic mass is 9.84. The van der Waals surface area contributed by atoms with E-state index in [0.29, 0.717) is 17.1 Å². The van der Waals surface area contributed by atoms with Crippen molar-refractivity contribution in [3.05, 3.63) is 29.0 Å². The molecule has 0 saturated carbocycles. The number of carboxylic acid groups (broad SMARTS) is 1. The van der Waals surface area contributed by atoms with Gasteiger partial charge in [0.1, 0.15) is 5.15 Å². The van der Waals surface area contributed by atoms with E-state index in [9.17, 15) is 14.7 Å². The molecule has 1 aromatic heterocycles. The molecule has 110 valence electrons. The van der Waals surface area contributed by atoms with Crippen molar-refractivity contribution in [1.82, 2.24) is 10.3 Å². The second-order valence-corrected chi connectivity index (χ2v) is 6.27. The summed E-state index contributed by atoms with van der Waals surface area (Å²) < 4.78 is 0. The fourth-order valence-corrected chi connectivity index (χ4v) is 1.93. The van der Waals surface area contributed by atoms with Crippen LogP contribution in [0, 0.1) is 11.3 Å². The van der Waals surface area contributed by atoms with E-state index in [1.54, 1.807) is 6.07 Å². The molecule has 0 fully saturated rings. The van der Waals surface area contributed by atoms with Crippen LogP contribution in [-0.2, 0) is 4.79 Å². The summed E-state index contributed by atoms with van der Waals surface area (Å²) in [5, 5.41) is 12.1. The second kappa shape index (κ2) is 6.70. The molecule has 2 N–H and O–H groups in total. The summed E-state index contributed by atoms with van der Waals surface area (Å²) >= 11 is 5.64. The van der Waals surface area contributed by atoms with Crippen LogP contribution in [0.5, 0.6) is 0 Å². The monoisotopic (exact) mass is 298 g/mol. The van der Waals surface area contributed by atoms with Crippen molar-refractivity contribution in [2.75, 3.05) is 6.54 Å². The molecular weight excluding hydrogens is 280 g/mol. The Hall–Kier alpha value is -1.62. The van der Waals surface area contributed by atoms with E-state index < -0.39 is 11.9 Å². The molecule has 0 spiro atoms. The summed E-state index contributed by atoms with van der Waals surface area (Å²) in [6, 6.07) is 3.06. The van der Waals surface area contributed by atoms with Crippen molar-refractivity contribution in [3.63, 3.8) is 0 Å². The van der Waals surface area contributed by atoms with Gasteiger partial charge in [-0.15, -0.1) is 0 Å². The van der Waals surface area contributed by atoms with Crippen LogP contribution in [0.2, 0.25) is 5.15 Å². The molecule has 1 heterocycles. The van der Waals surface area contributed by atoms with Crippen LogP contribution in [0.3, 0.4) is 0 Å². The van der Waals surface area contributed by atoms with Gasteiger partial charge in [0, 0.05) is 12.7 Å². The van der Waals surface area contributed by atoms with Gasteiger partial charge in [0.15, 0.2) is 0 Å². The highest BCUT2D eigenvalue weighted by Crippen LogP contribution is 2.24. The van der Waals surface area contributed by atoms with E-state index in [-0.39, 0.29) is 17.9 Å². The van der Waals surface area contributed by atoms with E-state index in [1.807, 2.05) is 20.8 Å². The molecule has 6 heteroatoms. The number of nitrogens with one attached hydrogen (secondary N) is 1. The van der Waals surface area contributed by atoms with Crippen LogP contribution < -0.4 is 5.32 Å². The van der Waals surface area contributed by atoms with Crippen LogP contribution >= 0.6 is 11.6 Å². The molecule has 1 aromatic rings. The average Bonchev–Trinajstić information content (AvgIpc) is 2.33. The number of amides is 1. The smallest absolute Gasteiger partial charge is 0.308 e. The Morgan fingerprint density at radius 2 is 2.05 bits per heavy atom. The fraction of sp³-hybridized carbons (Fsp3) is 0.500. The third-order valence-electron chi connectivity index (χ3n) is 2.71. The van der Waals surface area contributed by atoms with Gasteiger partial charge in [-0.2, -0.15) is 0 Å². The van der Waals surface area contributed by atoms with Gasteiger partial charge in [-0.3, -0.25) is 9.59 Å². The first-order chi connectivity index (χ1) is 9.19. The Morgan fingerprint density at radius 3 is 2.50 bits per heavy atom. The molecule has 20 heavy (non-hydrogen) atoms. The van der Waals surface area contributed by atoms with Gasteiger partial charge in [-0.1, -0.05) is 32.4 Å². The molecule has 1 amide bonds. The molecule has 5 nitrogen and oxygen atoms in total. The third kappa shape index (κ3) is 5.57. The van der Waals surface area contributed by atoms with Gasteiger partial charge in [-0.25, -0.2) is 4.98 Å². The lowest BCUT2D eigenvalue weighted by Crippen LogP contribution is -2.35. The molecule has 1 atom stereocenters. The van der Waals surface area contributed by atoms with Gasteiger partial charge < -0.3 is 10.4 Å². The third-order valence-corrected chi connectivity index (χ3v) is 2.93. The van der Waals surface area contributed by atoms with Crippen LogP contribution in [0.15, 0.2) is 18.3 Å². The molecule has 1 unspecified atom stereocenters. The Bertz CT molecular complexity index is 480. The predicted molar refractivity (Wildman–Crippen MR) is 76.8 cm³/mol. The highest BCUT2D eigenvalue weighted by Gasteiger charge is 2.25. The number of halogens is 1. The summed E-state index contributed by atoms with van der Waals surface area (Å²) in [4.78, 5) is 26.9. The fourth-order valence-electron chi connectivity index (χ4n) is 1.81. The number of carbonyl (C=O) groups is 2. The molecule has 0 aliphatic carbocycles. The molecular formula is C14H19ClN2O3. The van der Waals surface area contributed by atoms with Crippen LogP contribution in [-0.4, -0.2) is 28.5 Å². The molecule has 0 saturated heterocycles. The van der Waals surface area contributed by atoms with Gasteiger partial charge in [0.05, 0.1) is 11.5 Å². The van der Waals surface area contributed by atoms with E-state index in [4.69, 9.17) is 11.6 Å². The topological polar surface area (TPSA) is 79.3 Å². The largest absolute Gasteiger partial charge is 0.481 e. The maximum absolute atomic E-state index is 11.9. The lowest BCUT2D eigenvalue weighted by Gasteiger charge is -2.23. The van der Waals surface area contributed by atoms with E-state index >= 15 is 0 Å².